The van der Waals surface area contributed by atoms with Gasteiger partial charge >= 0.3 is 6.18 Å². The van der Waals surface area contributed by atoms with Gasteiger partial charge in [-0.2, -0.15) is 18.3 Å². The highest BCUT2D eigenvalue weighted by Crippen LogP contribution is 2.31. The molecule has 2 N–H and O–H groups in total. The molecule has 1 fully saturated rings. The summed E-state index contributed by atoms with van der Waals surface area (Å²) in [6.07, 6.45) is 0.514. The zero-order valence-electron chi connectivity index (χ0n) is 18.2. The van der Waals surface area contributed by atoms with Crippen LogP contribution in [0.3, 0.4) is 0 Å². The Morgan fingerprint density at radius 1 is 1.21 bits per heavy atom. The van der Waals surface area contributed by atoms with Crippen molar-refractivity contribution in [2.24, 2.45) is 0 Å². The van der Waals surface area contributed by atoms with Crippen molar-refractivity contribution in [1.29, 1.82) is 0 Å². The smallest absolute Gasteiger partial charge is 0.381 e. The maximum atomic E-state index is 12.7. The fourth-order valence-corrected chi connectivity index (χ4v) is 3.76. The van der Waals surface area contributed by atoms with Crippen molar-refractivity contribution in [3.63, 3.8) is 0 Å². The number of hydrogen-bond acceptors (Lipinski definition) is 7. The monoisotopic (exact) mass is 463 g/mol. The van der Waals surface area contributed by atoms with Crippen LogP contribution in [0, 0.1) is 6.92 Å². The van der Waals surface area contributed by atoms with Crippen LogP contribution in [0.25, 0.3) is 11.0 Å². The number of aromatic nitrogens is 5. The van der Waals surface area contributed by atoms with Crippen LogP contribution in [0.4, 0.5) is 18.9 Å². The molecule has 3 aromatic heterocycles. The highest BCUT2D eigenvalue weighted by Gasteiger charge is 2.34. The van der Waals surface area contributed by atoms with E-state index in [0.29, 0.717) is 19.8 Å². The van der Waals surface area contributed by atoms with E-state index in [9.17, 15) is 18.0 Å². The minimum Gasteiger partial charge on any atom is -0.381 e. The Hall–Kier alpha value is -3.28. The molecule has 3 aromatic rings. The Morgan fingerprint density at radius 2 is 1.91 bits per heavy atom. The van der Waals surface area contributed by atoms with Gasteiger partial charge in [-0.3, -0.25) is 4.79 Å². The van der Waals surface area contributed by atoms with Crippen molar-refractivity contribution >= 4 is 22.6 Å². The topological polar surface area (TPSA) is 107 Å². The molecule has 0 unspecified atom stereocenters. The van der Waals surface area contributed by atoms with Gasteiger partial charge in [-0.05, 0) is 26.7 Å². The highest BCUT2D eigenvalue weighted by atomic mass is 19.4. The summed E-state index contributed by atoms with van der Waals surface area (Å²) in [6.45, 7) is 5.95. The third-order valence-corrected chi connectivity index (χ3v) is 5.56. The molecule has 4 rings (SSSR count). The molecular formula is C21H24F3N7O2. The molecule has 0 atom stereocenters. The lowest BCUT2D eigenvalue weighted by atomic mass is 10.0. The molecule has 1 amide bonds. The molecule has 0 bridgehead atoms. The van der Waals surface area contributed by atoms with Crippen LogP contribution >= 0.6 is 0 Å². The SMILES string of the molecule is CCn1ncc2c(NC3CCOCC3)c(CNC(=O)c3cnc(C(F)(F)F)nc3)c(C)nc21. The van der Waals surface area contributed by atoms with Crippen LogP contribution in [0.2, 0.25) is 0 Å². The summed E-state index contributed by atoms with van der Waals surface area (Å²) in [5, 5.41) is 11.6. The van der Waals surface area contributed by atoms with Crippen molar-refractivity contribution < 1.29 is 22.7 Å². The summed E-state index contributed by atoms with van der Waals surface area (Å²) in [4.78, 5) is 23.7. The lowest BCUT2D eigenvalue weighted by Gasteiger charge is -2.26. The quantitative estimate of drug-likeness (QED) is 0.579. The number of amides is 1. The van der Waals surface area contributed by atoms with E-state index in [1.165, 1.54) is 0 Å². The van der Waals surface area contributed by atoms with Gasteiger partial charge in [-0.15, -0.1) is 0 Å². The van der Waals surface area contributed by atoms with E-state index in [1.54, 1.807) is 10.9 Å². The second kappa shape index (κ2) is 9.30. The number of pyridine rings is 1. The summed E-state index contributed by atoms with van der Waals surface area (Å²) in [5.74, 6) is -1.87. The molecule has 1 saturated heterocycles. The number of hydrogen-bond donors (Lipinski definition) is 2. The molecule has 33 heavy (non-hydrogen) atoms. The van der Waals surface area contributed by atoms with Gasteiger partial charge in [0.1, 0.15) is 0 Å². The normalized spacial score (nSPS) is 15.1. The summed E-state index contributed by atoms with van der Waals surface area (Å²) in [7, 11) is 0. The maximum Gasteiger partial charge on any atom is 0.451 e. The first-order chi connectivity index (χ1) is 15.8. The number of carbonyl (C=O) groups excluding carboxylic acids is 1. The van der Waals surface area contributed by atoms with E-state index >= 15 is 0 Å². The van der Waals surface area contributed by atoms with E-state index in [1.807, 2.05) is 13.8 Å². The van der Waals surface area contributed by atoms with Crippen molar-refractivity contribution in [3.8, 4) is 0 Å². The Labute approximate surface area is 187 Å². The van der Waals surface area contributed by atoms with Crippen LogP contribution in [-0.2, 0) is 24.0 Å². The zero-order valence-corrected chi connectivity index (χ0v) is 18.2. The van der Waals surface area contributed by atoms with Gasteiger partial charge in [-0.25, -0.2) is 19.6 Å². The number of ether oxygens (including phenoxy) is 1. The second-order valence-corrected chi connectivity index (χ2v) is 7.76. The first kappa shape index (κ1) is 22.9. The summed E-state index contributed by atoms with van der Waals surface area (Å²) in [6, 6.07) is 0.200. The van der Waals surface area contributed by atoms with E-state index in [0.717, 1.165) is 53.2 Å². The van der Waals surface area contributed by atoms with Gasteiger partial charge in [-0.1, -0.05) is 0 Å². The lowest BCUT2D eigenvalue weighted by molar-refractivity contribution is -0.145. The zero-order chi connectivity index (χ0) is 23.6. The molecule has 0 spiro atoms. The predicted octanol–water partition coefficient (Wildman–Crippen LogP) is 3.09. The Morgan fingerprint density at radius 3 is 2.55 bits per heavy atom. The Balaban J connectivity index is 1.60. The number of rotatable bonds is 6. The lowest BCUT2D eigenvalue weighted by Crippen LogP contribution is -2.30. The molecule has 0 radical (unpaired) electrons. The average molecular weight is 463 g/mol. The number of anilines is 1. The van der Waals surface area contributed by atoms with Crippen molar-refractivity contribution in [2.45, 2.75) is 52.0 Å². The molecule has 0 saturated carbocycles. The largest absolute Gasteiger partial charge is 0.451 e. The summed E-state index contributed by atoms with van der Waals surface area (Å²) < 4.78 is 45.3. The molecule has 0 aromatic carbocycles. The first-order valence-electron chi connectivity index (χ1n) is 10.6. The van der Waals surface area contributed by atoms with Crippen LogP contribution in [0.5, 0.6) is 0 Å². The minimum absolute atomic E-state index is 0.0626. The predicted molar refractivity (Wildman–Crippen MR) is 114 cm³/mol. The first-order valence-corrected chi connectivity index (χ1v) is 10.6. The van der Waals surface area contributed by atoms with E-state index in [4.69, 9.17) is 4.74 Å². The fourth-order valence-electron chi connectivity index (χ4n) is 3.76. The Kier molecular flexibility index (Phi) is 6.45. The number of alkyl halides is 3. The molecule has 12 heteroatoms. The number of aryl methyl sites for hydroxylation is 2. The molecule has 1 aliphatic heterocycles. The van der Waals surface area contributed by atoms with Gasteiger partial charge in [0.15, 0.2) is 5.65 Å². The second-order valence-electron chi connectivity index (χ2n) is 7.76. The van der Waals surface area contributed by atoms with Gasteiger partial charge in [0.2, 0.25) is 5.82 Å². The minimum atomic E-state index is -4.67. The Bertz CT molecular complexity index is 1140. The standard InChI is InChI=1S/C21H24F3N7O2/c1-3-31-18-16(11-28-31)17(30-14-4-6-33-7-5-14)15(12(2)29-18)10-25-19(32)13-8-26-20(27-9-13)21(22,23)24/h8-9,11,14H,3-7,10H2,1-2H3,(H,25,32)(H,29,30). The fraction of sp³-hybridized carbons (Fsp3) is 0.476. The van der Waals surface area contributed by atoms with Crippen LogP contribution in [-0.4, -0.2) is 49.9 Å². The van der Waals surface area contributed by atoms with E-state index < -0.39 is 17.9 Å². The van der Waals surface area contributed by atoms with E-state index in [2.05, 4.69) is 30.7 Å². The van der Waals surface area contributed by atoms with Gasteiger partial charge in [0.25, 0.3) is 5.91 Å². The van der Waals surface area contributed by atoms with Crippen molar-refractivity contribution in [2.75, 3.05) is 18.5 Å². The number of carbonyl (C=O) groups is 1. The maximum absolute atomic E-state index is 12.7. The van der Waals surface area contributed by atoms with Gasteiger partial charge < -0.3 is 15.4 Å². The molecule has 1 aliphatic rings. The summed E-state index contributed by atoms with van der Waals surface area (Å²) >= 11 is 0. The number of halogens is 3. The van der Waals surface area contributed by atoms with E-state index in [-0.39, 0.29) is 18.2 Å². The van der Waals surface area contributed by atoms with Crippen LogP contribution in [0.1, 0.15) is 47.2 Å². The molecular weight excluding hydrogens is 439 g/mol. The molecule has 176 valence electrons. The third-order valence-electron chi connectivity index (χ3n) is 5.56. The molecule has 0 aliphatic carbocycles. The summed E-state index contributed by atoms with van der Waals surface area (Å²) in [5.41, 5.74) is 3.03. The van der Waals surface area contributed by atoms with Gasteiger partial charge in [0, 0.05) is 56.0 Å². The molecule has 4 heterocycles. The van der Waals surface area contributed by atoms with Crippen LogP contribution in [0.15, 0.2) is 18.6 Å². The average Bonchev–Trinajstić information content (AvgIpc) is 3.21. The van der Waals surface area contributed by atoms with Crippen molar-refractivity contribution in [3.05, 3.63) is 41.2 Å². The van der Waals surface area contributed by atoms with Crippen molar-refractivity contribution in [1.82, 2.24) is 30.0 Å². The highest BCUT2D eigenvalue weighted by molar-refractivity contribution is 5.94. The number of nitrogens with one attached hydrogen (secondary N) is 2. The third kappa shape index (κ3) is 4.90. The number of fused-ring (bicyclic) bond motifs is 1. The van der Waals surface area contributed by atoms with Gasteiger partial charge in [0.05, 0.1) is 22.8 Å². The van der Waals surface area contributed by atoms with Crippen LogP contribution < -0.4 is 10.6 Å². The number of nitrogens with zero attached hydrogens (tertiary/aromatic N) is 5. The molecule has 9 nitrogen and oxygen atoms in total.